The minimum Gasteiger partial charge on any atom is -0.481 e. The van der Waals surface area contributed by atoms with Crippen molar-refractivity contribution in [3.63, 3.8) is 0 Å². The van der Waals surface area contributed by atoms with Crippen LogP contribution in [0.15, 0.2) is 23.1 Å². The predicted molar refractivity (Wildman–Crippen MR) is 71.8 cm³/mol. The zero-order valence-electron chi connectivity index (χ0n) is 11.6. The molecule has 0 spiro atoms. The summed E-state index contributed by atoms with van der Waals surface area (Å²) in [6, 6.07) is 2.67. The Morgan fingerprint density at radius 3 is 2.71 bits per heavy atom. The highest BCUT2D eigenvalue weighted by Crippen LogP contribution is 2.27. The number of sulfonamides is 1. The van der Waals surface area contributed by atoms with Gasteiger partial charge in [0.2, 0.25) is 10.0 Å². The first-order chi connectivity index (χ1) is 9.75. The van der Waals surface area contributed by atoms with Crippen LogP contribution in [-0.4, -0.2) is 50.1 Å². The van der Waals surface area contributed by atoms with Gasteiger partial charge in [0, 0.05) is 7.05 Å². The third kappa shape index (κ3) is 2.92. The van der Waals surface area contributed by atoms with E-state index in [1.807, 2.05) is 0 Å². The van der Waals surface area contributed by atoms with Crippen molar-refractivity contribution >= 4 is 16.0 Å². The van der Waals surface area contributed by atoms with Gasteiger partial charge in [-0.3, -0.25) is 4.79 Å². The molecule has 1 aromatic carbocycles. The van der Waals surface area contributed by atoms with E-state index in [4.69, 9.17) is 9.84 Å². The van der Waals surface area contributed by atoms with Crippen molar-refractivity contribution in [2.24, 2.45) is 5.92 Å². The minimum absolute atomic E-state index is 0.00105. The Balaban J connectivity index is 2.39. The molecule has 0 amide bonds. The fourth-order valence-corrected chi connectivity index (χ4v) is 3.93. The van der Waals surface area contributed by atoms with E-state index in [1.54, 1.807) is 6.92 Å². The van der Waals surface area contributed by atoms with Gasteiger partial charge in [-0.05, 0) is 24.6 Å². The van der Waals surface area contributed by atoms with Gasteiger partial charge >= 0.3 is 5.97 Å². The largest absolute Gasteiger partial charge is 0.481 e. The van der Waals surface area contributed by atoms with E-state index in [2.05, 4.69) is 0 Å². The molecule has 1 aliphatic rings. The van der Waals surface area contributed by atoms with E-state index in [0.29, 0.717) is 5.56 Å². The highest BCUT2D eigenvalue weighted by molar-refractivity contribution is 7.89. The topological polar surface area (TPSA) is 83.9 Å². The third-order valence-corrected chi connectivity index (χ3v) is 5.67. The molecule has 0 bridgehead atoms. The number of halogens is 1. The molecule has 1 aliphatic heterocycles. The van der Waals surface area contributed by atoms with Crippen LogP contribution in [0.2, 0.25) is 0 Å². The van der Waals surface area contributed by atoms with Gasteiger partial charge in [0.25, 0.3) is 0 Å². The zero-order chi connectivity index (χ0) is 15.8. The Bertz CT molecular complexity index is 661. The van der Waals surface area contributed by atoms with Crippen molar-refractivity contribution in [1.82, 2.24) is 4.31 Å². The fraction of sp³-hybridized carbons (Fsp3) is 0.462. The van der Waals surface area contributed by atoms with Gasteiger partial charge in [0.15, 0.2) is 0 Å². The fourth-order valence-electron chi connectivity index (χ4n) is 2.32. The van der Waals surface area contributed by atoms with Gasteiger partial charge < -0.3 is 9.84 Å². The number of nitrogens with zero attached hydrogens (tertiary/aromatic N) is 1. The van der Waals surface area contributed by atoms with Crippen molar-refractivity contribution in [3.05, 3.63) is 29.6 Å². The van der Waals surface area contributed by atoms with Crippen LogP contribution in [0, 0.1) is 18.7 Å². The van der Waals surface area contributed by atoms with Crippen molar-refractivity contribution in [3.8, 4) is 0 Å². The molecule has 1 fully saturated rings. The van der Waals surface area contributed by atoms with Gasteiger partial charge in [0.1, 0.15) is 5.82 Å². The van der Waals surface area contributed by atoms with E-state index in [-0.39, 0.29) is 18.1 Å². The first kappa shape index (κ1) is 15.9. The van der Waals surface area contributed by atoms with E-state index < -0.39 is 33.8 Å². The van der Waals surface area contributed by atoms with E-state index in [9.17, 15) is 17.6 Å². The summed E-state index contributed by atoms with van der Waals surface area (Å²) in [5.41, 5.74) is 0.397. The Kier molecular flexibility index (Phi) is 4.31. The second-order valence-electron chi connectivity index (χ2n) is 4.98. The molecule has 21 heavy (non-hydrogen) atoms. The number of rotatable bonds is 4. The van der Waals surface area contributed by atoms with Crippen LogP contribution in [0.3, 0.4) is 0 Å². The number of hydrogen-bond acceptors (Lipinski definition) is 4. The lowest BCUT2D eigenvalue weighted by Crippen LogP contribution is -2.44. The smallest absolute Gasteiger partial charge is 0.310 e. The quantitative estimate of drug-likeness (QED) is 0.890. The summed E-state index contributed by atoms with van der Waals surface area (Å²) >= 11 is 0. The number of likely N-dealkylation sites (N-methyl/N-ethyl adjacent to an activating group) is 1. The molecule has 2 unspecified atom stereocenters. The zero-order valence-corrected chi connectivity index (χ0v) is 12.4. The number of benzene rings is 1. The average Bonchev–Trinajstić information content (AvgIpc) is 2.89. The maximum Gasteiger partial charge on any atom is 0.310 e. The molecular weight excluding hydrogens is 301 g/mol. The number of carbonyl (C=O) groups is 1. The summed E-state index contributed by atoms with van der Waals surface area (Å²) in [7, 11) is -2.71. The highest BCUT2D eigenvalue weighted by atomic mass is 32.2. The Hall–Kier alpha value is -1.51. The molecule has 1 saturated heterocycles. The van der Waals surface area contributed by atoms with Crippen molar-refractivity contribution in [1.29, 1.82) is 0 Å². The van der Waals surface area contributed by atoms with E-state index in [1.165, 1.54) is 19.2 Å². The molecule has 6 nitrogen and oxygen atoms in total. The van der Waals surface area contributed by atoms with Gasteiger partial charge in [-0.25, -0.2) is 12.8 Å². The van der Waals surface area contributed by atoms with Crippen molar-refractivity contribution < 1.29 is 27.4 Å². The molecule has 116 valence electrons. The Labute approximate surface area is 122 Å². The number of carboxylic acids is 1. The first-order valence-corrected chi connectivity index (χ1v) is 7.74. The Morgan fingerprint density at radius 2 is 2.10 bits per heavy atom. The summed E-state index contributed by atoms with van der Waals surface area (Å²) in [6.07, 6.45) is 0. The monoisotopic (exact) mass is 317 g/mol. The average molecular weight is 317 g/mol. The standard InChI is InChI=1S/C13H16FNO5S/c1-8-3-4-9(14)5-12(8)21(18,19)15(2)11-7-20-6-10(11)13(16)17/h3-5,10-11H,6-7H2,1-2H3,(H,16,17). The maximum absolute atomic E-state index is 13.3. The first-order valence-electron chi connectivity index (χ1n) is 6.30. The molecule has 0 aromatic heterocycles. The molecule has 1 aromatic rings. The molecule has 2 atom stereocenters. The Morgan fingerprint density at radius 1 is 1.43 bits per heavy atom. The van der Waals surface area contributed by atoms with Gasteiger partial charge in [-0.15, -0.1) is 0 Å². The van der Waals surface area contributed by atoms with Gasteiger partial charge in [0.05, 0.1) is 30.1 Å². The molecule has 1 N–H and O–H groups in total. The molecule has 1 heterocycles. The van der Waals surface area contributed by atoms with Crippen LogP contribution in [0.5, 0.6) is 0 Å². The van der Waals surface area contributed by atoms with Crippen LogP contribution in [0.25, 0.3) is 0 Å². The highest BCUT2D eigenvalue weighted by Gasteiger charge is 2.41. The van der Waals surface area contributed by atoms with Crippen LogP contribution < -0.4 is 0 Å². The number of carboxylic acid groups (broad SMARTS) is 1. The molecule has 0 saturated carbocycles. The summed E-state index contributed by atoms with van der Waals surface area (Å²) in [4.78, 5) is 11.0. The third-order valence-electron chi connectivity index (χ3n) is 3.64. The number of aliphatic carboxylic acids is 1. The van der Waals surface area contributed by atoms with Crippen LogP contribution in [0.1, 0.15) is 5.56 Å². The number of aryl methyl sites for hydroxylation is 1. The minimum atomic E-state index is -3.99. The van der Waals surface area contributed by atoms with Crippen LogP contribution in [0.4, 0.5) is 4.39 Å². The van der Waals surface area contributed by atoms with Crippen molar-refractivity contribution in [2.45, 2.75) is 17.9 Å². The van der Waals surface area contributed by atoms with Crippen LogP contribution >= 0.6 is 0 Å². The molecule has 0 radical (unpaired) electrons. The lowest BCUT2D eigenvalue weighted by Gasteiger charge is -2.26. The number of hydrogen-bond donors (Lipinski definition) is 1. The number of ether oxygens (including phenoxy) is 1. The van der Waals surface area contributed by atoms with Crippen LogP contribution in [-0.2, 0) is 19.6 Å². The predicted octanol–water partition coefficient (Wildman–Crippen LogP) is 0.854. The lowest BCUT2D eigenvalue weighted by atomic mass is 10.1. The lowest BCUT2D eigenvalue weighted by molar-refractivity contribution is -0.142. The van der Waals surface area contributed by atoms with Gasteiger partial charge in [-0.1, -0.05) is 6.07 Å². The van der Waals surface area contributed by atoms with Crippen molar-refractivity contribution in [2.75, 3.05) is 20.3 Å². The second-order valence-corrected chi connectivity index (χ2v) is 6.95. The summed E-state index contributed by atoms with van der Waals surface area (Å²) < 4.78 is 44.5. The van der Waals surface area contributed by atoms with E-state index >= 15 is 0 Å². The maximum atomic E-state index is 13.3. The molecule has 2 rings (SSSR count). The molecular formula is C13H16FNO5S. The summed E-state index contributed by atoms with van der Waals surface area (Å²) in [5.74, 6) is -2.71. The van der Waals surface area contributed by atoms with E-state index in [0.717, 1.165) is 10.4 Å². The molecule has 8 heteroatoms. The second kappa shape index (κ2) is 5.70. The van der Waals surface area contributed by atoms with Gasteiger partial charge in [-0.2, -0.15) is 4.31 Å². The molecule has 0 aliphatic carbocycles. The summed E-state index contributed by atoms with van der Waals surface area (Å²) in [5, 5.41) is 9.11. The SMILES string of the molecule is Cc1ccc(F)cc1S(=O)(=O)N(C)C1COCC1C(=O)O. The summed E-state index contributed by atoms with van der Waals surface area (Å²) in [6.45, 7) is 1.52. The normalized spacial score (nSPS) is 22.7.